The van der Waals surface area contributed by atoms with Gasteiger partial charge in [-0.3, -0.25) is 0 Å². The monoisotopic (exact) mass is 292 g/mol. The van der Waals surface area contributed by atoms with Crippen LogP contribution in [0.5, 0.6) is 5.75 Å². The van der Waals surface area contributed by atoms with E-state index in [1.807, 2.05) is 0 Å². The van der Waals surface area contributed by atoms with Crippen LogP contribution in [-0.4, -0.2) is 6.61 Å². The molecule has 0 amide bonds. The van der Waals surface area contributed by atoms with Crippen LogP contribution < -0.4 is 4.74 Å². The van der Waals surface area contributed by atoms with Gasteiger partial charge in [-0.1, -0.05) is 81.1 Å². The Morgan fingerprint density at radius 2 is 1.50 bits per heavy atom. The average molecular weight is 292 g/mol. The van der Waals surface area contributed by atoms with Crippen molar-refractivity contribution in [3.63, 3.8) is 0 Å². The van der Waals surface area contributed by atoms with Gasteiger partial charge in [-0.05, 0) is 28.6 Å². The van der Waals surface area contributed by atoms with Gasteiger partial charge in [0.15, 0.2) is 0 Å². The van der Waals surface area contributed by atoms with E-state index in [-0.39, 0.29) is 0 Å². The van der Waals surface area contributed by atoms with Crippen LogP contribution in [0.4, 0.5) is 0 Å². The van der Waals surface area contributed by atoms with E-state index in [1.54, 1.807) is 0 Å². The molecule has 22 heavy (non-hydrogen) atoms. The molecule has 0 saturated heterocycles. The summed E-state index contributed by atoms with van der Waals surface area (Å²) in [4.78, 5) is 0. The lowest BCUT2D eigenvalue weighted by atomic mass is 10.0. The Morgan fingerprint density at radius 1 is 0.682 bits per heavy atom. The van der Waals surface area contributed by atoms with Gasteiger partial charge in [0.1, 0.15) is 5.75 Å². The van der Waals surface area contributed by atoms with Gasteiger partial charge < -0.3 is 4.74 Å². The van der Waals surface area contributed by atoms with Crippen molar-refractivity contribution in [3.05, 3.63) is 54.6 Å². The first-order valence-corrected chi connectivity index (χ1v) is 8.43. The van der Waals surface area contributed by atoms with Crippen LogP contribution in [0.25, 0.3) is 21.5 Å². The Kier molecular flexibility index (Phi) is 4.95. The van der Waals surface area contributed by atoms with E-state index in [1.165, 1.54) is 47.2 Å². The fourth-order valence-electron chi connectivity index (χ4n) is 3.03. The van der Waals surface area contributed by atoms with Gasteiger partial charge in [0.25, 0.3) is 0 Å². The molecule has 0 saturated carbocycles. The second-order valence-corrected chi connectivity index (χ2v) is 5.90. The van der Waals surface area contributed by atoms with Crippen LogP contribution in [0, 0.1) is 0 Å². The molecule has 0 heterocycles. The minimum atomic E-state index is 0.815. The Bertz CT molecular complexity index is 745. The molecular weight excluding hydrogens is 268 g/mol. The number of hydrogen-bond donors (Lipinski definition) is 0. The molecule has 1 heteroatoms. The zero-order chi connectivity index (χ0) is 15.2. The Labute approximate surface area is 132 Å². The predicted molar refractivity (Wildman–Crippen MR) is 95.7 cm³/mol. The minimum absolute atomic E-state index is 0.815. The SMILES string of the molecule is CCCCCCCOc1cccc2c1ccc1ccccc12. The standard InChI is InChI=1S/C21H24O/c1-2-3-4-5-8-16-22-21-13-9-12-19-18-11-7-6-10-17(18)14-15-20(19)21/h6-7,9-15H,2-5,8,16H2,1H3. The Hall–Kier alpha value is -2.02. The third-order valence-corrected chi connectivity index (χ3v) is 4.25. The van der Waals surface area contributed by atoms with Crippen molar-refractivity contribution in [1.29, 1.82) is 0 Å². The number of hydrogen-bond acceptors (Lipinski definition) is 1. The molecule has 0 spiro atoms. The van der Waals surface area contributed by atoms with E-state index >= 15 is 0 Å². The number of fused-ring (bicyclic) bond motifs is 3. The first-order valence-electron chi connectivity index (χ1n) is 8.43. The number of ether oxygens (including phenoxy) is 1. The fourth-order valence-corrected chi connectivity index (χ4v) is 3.03. The van der Waals surface area contributed by atoms with Gasteiger partial charge in [-0.2, -0.15) is 0 Å². The molecule has 0 aliphatic carbocycles. The molecule has 0 fully saturated rings. The minimum Gasteiger partial charge on any atom is -0.493 e. The lowest BCUT2D eigenvalue weighted by molar-refractivity contribution is 0.308. The number of benzene rings is 3. The molecule has 3 rings (SSSR count). The Balaban J connectivity index is 1.77. The largest absolute Gasteiger partial charge is 0.493 e. The lowest BCUT2D eigenvalue weighted by Gasteiger charge is -2.11. The van der Waals surface area contributed by atoms with Crippen LogP contribution in [0.1, 0.15) is 39.0 Å². The quantitative estimate of drug-likeness (QED) is 0.364. The molecule has 114 valence electrons. The summed E-state index contributed by atoms with van der Waals surface area (Å²) in [5.41, 5.74) is 0. The van der Waals surface area contributed by atoms with Crippen molar-refractivity contribution in [2.75, 3.05) is 6.61 Å². The topological polar surface area (TPSA) is 9.23 Å². The zero-order valence-corrected chi connectivity index (χ0v) is 13.3. The van der Waals surface area contributed by atoms with Crippen molar-refractivity contribution < 1.29 is 4.74 Å². The van der Waals surface area contributed by atoms with E-state index in [9.17, 15) is 0 Å². The maximum atomic E-state index is 6.05. The second kappa shape index (κ2) is 7.31. The van der Waals surface area contributed by atoms with Crippen molar-refractivity contribution >= 4 is 21.5 Å². The van der Waals surface area contributed by atoms with Gasteiger partial charge in [0.2, 0.25) is 0 Å². The summed E-state index contributed by atoms with van der Waals surface area (Å²) in [5, 5.41) is 5.08. The van der Waals surface area contributed by atoms with Crippen molar-refractivity contribution in [2.45, 2.75) is 39.0 Å². The maximum Gasteiger partial charge on any atom is 0.127 e. The smallest absolute Gasteiger partial charge is 0.127 e. The normalized spacial score (nSPS) is 11.1. The highest BCUT2D eigenvalue weighted by atomic mass is 16.5. The highest BCUT2D eigenvalue weighted by Gasteiger charge is 2.05. The average Bonchev–Trinajstić information content (AvgIpc) is 2.58. The third-order valence-electron chi connectivity index (χ3n) is 4.25. The fraction of sp³-hybridized carbons (Fsp3) is 0.333. The van der Waals surface area contributed by atoms with Crippen LogP contribution in [0.15, 0.2) is 54.6 Å². The summed E-state index contributed by atoms with van der Waals surface area (Å²) in [5.74, 6) is 1.01. The summed E-state index contributed by atoms with van der Waals surface area (Å²) in [6, 6.07) is 19.3. The van der Waals surface area contributed by atoms with Gasteiger partial charge in [-0.25, -0.2) is 0 Å². The van der Waals surface area contributed by atoms with Crippen LogP contribution in [0.2, 0.25) is 0 Å². The van der Waals surface area contributed by atoms with E-state index < -0.39 is 0 Å². The second-order valence-electron chi connectivity index (χ2n) is 5.90. The summed E-state index contributed by atoms with van der Waals surface area (Å²) >= 11 is 0. The first kappa shape index (κ1) is 14.9. The zero-order valence-electron chi connectivity index (χ0n) is 13.3. The molecule has 0 aromatic heterocycles. The molecule has 0 unspecified atom stereocenters. The van der Waals surface area contributed by atoms with Crippen molar-refractivity contribution in [2.24, 2.45) is 0 Å². The first-order chi connectivity index (χ1) is 10.9. The number of unbranched alkanes of at least 4 members (excludes halogenated alkanes) is 4. The van der Waals surface area contributed by atoms with Gasteiger partial charge in [0.05, 0.1) is 6.61 Å². The van der Waals surface area contributed by atoms with Gasteiger partial charge >= 0.3 is 0 Å². The van der Waals surface area contributed by atoms with E-state index in [0.29, 0.717) is 0 Å². The summed E-state index contributed by atoms with van der Waals surface area (Å²) in [6.45, 7) is 3.06. The molecule has 0 N–H and O–H groups in total. The maximum absolute atomic E-state index is 6.05. The molecule has 0 bridgehead atoms. The lowest BCUT2D eigenvalue weighted by Crippen LogP contribution is -1.98. The molecule has 0 radical (unpaired) electrons. The van der Waals surface area contributed by atoms with Crippen LogP contribution in [-0.2, 0) is 0 Å². The molecule has 1 nitrogen and oxygen atoms in total. The summed E-state index contributed by atoms with van der Waals surface area (Å²) in [7, 11) is 0. The van der Waals surface area contributed by atoms with E-state index in [4.69, 9.17) is 4.74 Å². The molecule has 3 aromatic rings. The van der Waals surface area contributed by atoms with Gasteiger partial charge in [-0.15, -0.1) is 0 Å². The molecule has 3 aromatic carbocycles. The van der Waals surface area contributed by atoms with Crippen molar-refractivity contribution in [3.8, 4) is 5.75 Å². The highest BCUT2D eigenvalue weighted by Crippen LogP contribution is 2.31. The predicted octanol–water partition coefficient (Wildman–Crippen LogP) is 6.34. The molecule has 0 aliphatic rings. The molecule has 0 atom stereocenters. The van der Waals surface area contributed by atoms with Crippen LogP contribution >= 0.6 is 0 Å². The molecule has 0 aliphatic heterocycles. The number of rotatable bonds is 7. The highest BCUT2D eigenvalue weighted by molar-refractivity contribution is 6.09. The summed E-state index contributed by atoms with van der Waals surface area (Å²) < 4.78 is 6.05. The van der Waals surface area contributed by atoms with Gasteiger partial charge in [0, 0.05) is 5.39 Å². The van der Waals surface area contributed by atoms with Crippen LogP contribution in [0.3, 0.4) is 0 Å². The van der Waals surface area contributed by atoms with E-state index in [2.05, 4.69) is 61.5 Å². The van der Waals surface area contributed by atoms with Crippen molar-refractivity contribution in [1.82, 2.24) is 0 Å². The van der Waals surface area contributed by atoms with E-state index in [0.717, 1.165) is 18.8 Å². The Morgan fingerprint density at radius 3 is 2.41 bits per heavy atom. The summed E-state index contributed by atoms with van der Waals surface area (Å²) in [6.07, 6.45) is 6.35. The molecular formula is C21H24O. The third kappa shape index (κ3) is 3.24.